The van der Waals surface area contributed by atoms with Gasteiger partial charge in [-0.25, -0.2) is 4.79 Å². The Balaban J connectivity index is 1.60. The summed E-state index contributed by atoms with van der Waals surface area (Å²) in [4.78, 5) is 23.6. The standard InChI is InChI=1S/C20H19ClN4O4/c1-13-16(14(2)25(23-13)11-15-5-3-4-6-17(15)21)7-8-20(27)28-12-19(26)22-18-9-10-29-24-18/h3-10H,11-12H2,1-2H3,(H,22,24,26)/b8-7+. The lowest BCUT2D eigenvalue weighted by molar-refractivity contribution is -0.142. The third kappa shape index (κ3) is 5.32. The summed E-state index contributed by atoms with van der Waals surface area (Å²) < 4.78 is 11.4. The van der Waals surface area contributed by atoms with Crippen molar-refractivity contribution in [3.05, 3.63) is 70.2 Å². The summed E-state index contributed by atoms with van der Waals surface area (Å²) in [6, 6.07) is 9.04. The van der Waals surface area contributed by atoms with Gasteiger partial charge in [0.1, 0.15) is 6.26 Å². The predicted octanol–water partition coefficient (Wildman–Crippen LogP) is 3.38. The van der Waals surface area contributed by atoms with Gasteiger partial charge in [0.15, 0.2) is 12.4 Å². The molecule has 3 rings (SSSR count). The van der Waals surface area contributed by atoms with Crippen LogP contribution in [0.15, 0.2) is 47.2 Å². The van der Waals surface area contributed by atoms with Gasteiger partial charge >= 0.3 is 5.97 Å². The smallest absolute Gasteiger partial charge is 0.331 e. The van der Waals surface area contributed by atoms with Gasteiger partial charge < -0.3 is 14.6 Å². The highest BCUT2D eigenvalue weighted by Crippen LogP contribution is 2.20. The molecular formula is C20H19ClN4O4. The average Bonchev–Trinajstić information content (AvgIpc) is 3.29. The molecule has 8 nitrogen and oxygen atoms in total. The third-order valence-corrected chi connectivity index (χ3v) is 4.52. The van der Waals surface area contributed by atoms with Crippen LogP contribution >= 0.6 is 11.6 Å². The van der Waals surface area contributed by atoms with Crippen molar-refractivity contribution in [3.8, 4) is 0 Å². The molecule has 0 spiro atoms. The highest BCUT2D eigenvalue weighted by Gasteiger charge is 2.12. The molecule has 2 aromatic heterocycles. The molecule has 0 aliphatic rings. The van der Waals surface area contributed by atoms with Gasteiger partial charge in [0.25, 0.3) is 5.91 Å². The molecule has 0 saturated heterocycles. The number of carbonyl (C=O) groups is 2. The summed E-state index contributed by atoms with van der Waals surface area (Å²) in [5, 5.41) is 11.2. The number of nitrogens with one attached hydrogen (secondary N) is 1. The molecule has 2 heterocycles. The lowest BCUT2D eigenvalue weighted by atomic mass is 10.1. The molecule has 0 radical (unpaired) electrons. The second kappa shape index (κ2) is 9.20. The Morgan fingerprint density at radius 1 is 1.28 bits per heavy atom. The third-order valence-electron chi connectivity index (χ3n) is 4.15. The fourth-order valence-corrected chi connectivity index (χ4v) is 2.88. The maximum absolute atomic E-state index is 11.9. The van der Waals surface area contributed by atoms with E-state index in [2.05, 4.69) is 20.1 Å². The predicted molar refractivity (Wildman–Crippen MR) is 107 cm³/mol. The maximum atomic E-state index is 11.9. The van der Waals surface area contributed by atoms with Crippen molar-refractivity contribution in [1.82, 2.24) is 14.9 Å². The van der Waals surface area contributed by atoms with Crippen molar-refractivity contribution in [1.29, 1.82) is 0 Å². The van der Waals surface area contributed by atoms with Crippen LogP contribution in [0.4, 0.5) is 5.82 Å². The van der Waals surface area contributed by atoms with Gasteiger partial charge in [-0.2, -0.15) is 5.10 Å². The van der Waals surface area contributed by atoms with Gasteiger partial charge in [0.05, 0.1) is 12.2 Å². The molecule has 3 aromatic rings. The number of hydrogen-bond donors (Lipinski definition) is 1. The van der Waals surface area contributed by atoms with E-state index in [0.717, 1.165) is 22.5 Å². The van der Waals surface area contributed by atoms with Gasteiger partial charge in [-0.1, -0.05) is 35.0 Å². The summed E-state index contributed by atoms with van der Waals surface area (Å²) in [6.07, 6.45) is 4.21. The van der Waals surface area contributed by atoms with Crippen LogP contribution in [0.2, 0.25) is 5.02 Å². The number of aryl methyl sites for hydroxylation is 1. The summed E-state index contributed by atoms with van der Waals surface area (Å²) >= 11 is 6.22. The van der Waals surface area contributed by atoms with Crippen molar-refractivity contribution in [3.63, 3.8) is 0 Å². The summed E-state index contributed by atoms with van der Waals surface area (Å²) in [5.74, 6) is -0.905. The zero-order chi connectivity index (χ0) is 20.8. The Bertz CT molecular complexity index is 1040. The maximum Gasteiger partial charge on any atom is 0.331 e. The van der Waals surface area contributed by atoms with E-state index >= 15 is 0 Å². The van der Waals surface area contributed by atoms with Gasteiger partial charge in [-0.3, -0.25) is 9.48 Å². The second-order valence-electron chi connectivity index (χ2n) is 6.21. The molecule has 29 heavy (non-hydrogen) atoms. The minimum Gasteiger partial charge on any atom is -0.452 e. The number of halogens is 1. The molecule has 0 saturated carbocycles. The Morgan fingerprint density at radius 2 is 2.07 bits per heavy atom. The Labute approximate surface area is 172 Å². The van der Waals surface area contributed by atoms with E-state index in [1.54, 1.807) is 6.08 Å². The van der Waals surface area contributed by atoms with Crippen molar-refractivity contribution in [2.45, 2.75) is 20.4 Å². The molecule has 150 valence electrons. The summed E-state index contributed by atoms with van der Waals surface area (Å²) in [5.41, 5.74) is 3.41. The molecule has 1 aromatic carbocycles. The average molecular weight is 415 g/mol. The number of carbonyl (C=O) groups excluding carboxylic acids is 2. The van der Waals surface area contributed by atoms with Gasteiger partial charge in [0.2, 0.25) is 0 Å². The number of rotatable bonds is 7. The number of amides is 1. The number of nitrogens with zero attached hydrogens (tertiary/aromatic N) is 3. The van der Waals surface area contributed by atoms with Crippen LogP contribution in [-0.4, -0.2) is 33.4 Å². The molecule has 1 N–H and O–H groups in total. The number of aromatic nitrogens is 3. The minimum atomic E-state index is -0.641. The molecule has 0 atom stereocenters. The first-order valence-electron chi connectivity index (χ1n) is 8.76. The first-order valence-corrected chi connectivity index (χ1v) is 9.14. The number of benzene rings is 1. The Hall–Kier alpha value is -3.39. The molecule has 9 heteroatoms. The van der Waals surface area contributed by atoms with E-state index < -0.39 is 18.5 Å². The van der Waals surface area contributed by atoms with Crippen molar-refractivity contribution < 1.29 is 18.8 Å². The van der Waals surface area contributed by atoms with Crippen molar-refractivity contribution in [2.75, 3.05) is 11.9 Å². The van der Waals surface area contributed by atoms with Crippen LogP contribution in [0.3, 0.4) is 0 Å². The van der Waals surface area contributed by atoms with Crippen LogP contribution in [0.5, 0.6) is 0 Å². The Morgan fingerprint density at radius 3 is 2.79 bits per heavy atom. The quantitative estimate of drug-likeness (QED) is 0.470. The molecular weight excluding hydrogens is 396 g/mol. The first-order chi connectivity index (χ1) is 13.9. The highest BCUT2D eigenvalue weighted by molar-refractivity contribution is 6.31. The van der Waals surface area contributed by atoms with Crippen LogP contribution in [0, 0.1) is 13.8 Å². The summed E-state index contributed by atoms with van der Waals surface area (Å²) in [6.45, 7) is 3.85. The van der Waals surface area contributed by atoms with Crippen LogP contribution in [-0.2, 0) is 20.9 Å². The van der Waals surface area contributed by atoms with Crippen LogP contribution < -0.4 is 5.32 Å². The number of hydrogen-bond acceptors (Lipinski definition) is 6. The zero-order valence-electron chi connectivity index (χ0n) is 15.9. The first kappa shape index (κ1) is 20.3. The van der Waals surface area contributed by atoms with Crippen LogP contribution in [0.25, 0.3) is 6.08 Å². The lowest BCUT2D eigenvalue weighted by Crippen LogP contribution is -2.20. The van der Waals surface area contributed by atoms with E-state index in [4.69, 9.17) is 16.3 Å². The SMILES string of the molecule is Cc1nn(Cc2ccccc2Cl)c(C)c1/C=C/C(=O)OCC(=O)Nc1ccon1. The molecule has 0 aliphatic heterocycles. The van der Waals surface area contributed by atoms with E-state index in [1.165, 1.54) is 18.4 Å². The van der Waals surface area contributed by atoms with Crippen LogP contribution in [0.1, 0.15) is 22.5 Å². The molecule has 0 fully saturated rings. The molecule has 0 bridgehead atoms. The van der Waals surface area contributed by atoms with Gasteiger partial charge in [-0.15, -0.1) is 0 Å². The monoisotopic (exact) mass is 414 g/mol. The molecule has 0 aliphatic carbocycles. The topological polar surface area (TPSA) is 99.2 Å². The Kier molecular flexibility index (Phi) is 6.46. The fraction of sp³-hybridized carbons (Fsp3) is 0.200. The van der Waals surface area contributed by atoms with E-state index in [1.807, 2.05) is 42.8 Å². The number of anilines is 1. The second-order valence-corrected chi connectivity index (χ2v) is 6.61. The molecule has 0 unspecified atom stereocenters. The van der Waals surface area contributed by atoms with E-state index in [0.29, 0.717) is 11.6 Å². The zero-order valence-corrected chi connectivity index (χ0v) is 16.6. The minimum absolute atomic E-state index is 0.249. The van der Waals surface area contributed by atoms with E-state index in [-0.39, 0.29) is 5.82 Å². The lowest BCUT2D eigenvalue weighted by Gasteiger charge is -2.06. The largest absolute Gasteiger partial charge is 0.452 e. The highest BCUT2D eigenvalue weighted by atomic mass is 35.5. The number of esters is 1. The van der Waals surface area contributed by atoms with E-state index in [9.17, 15) is 9.59 Å². The fourth-order valence-electron chi connectivity index (χ4n) is 2.69. The number of ether oxygens (including phenoxy) is 1. The van der Waals surface area contributed by atoms with Crippen molar-refractivity contribution in [2.24, 2.45) is 0 Å². The molecule has 1 amide bonds. The van der Waals surface area contributed by atoms with Gasteiger partial charge in [-0.05, 0) is 31.6 Å². The normalized spacial score (nSPS) is 11.0. The van der Waals surface area contributed by atoms with Gasteiger partial charge in [0, 0.05) is 28.4 Å². The summed E-state index contributed by atoms with van der Waals surface area (Å²) in [7, 11) is 0. The van der Waals surface area contributed by atoms with Crippen molar-refractivity contribution >= 4 is 35.4 Å².